The van der Waals surface area contributed by atoms with E-state index in [9.17, 15) is 14.4 Å². The zero-order chi connectivity index (χ0) is 26.1. The summed E-state index contributed by atoms with van der Waals surface area (Å²) >= 11 is 9.71. The number of imide groups is 1. The number of amides is 3. The van der Waals surface area contributed by atoms with Gasteiger partial charge in [0.15, 0.2) is 11.5 Å². The van der Waals surface area contributed by atoms with Gasteiger partial charge in [0.25, 0.3) is 5.91 Å². The largest absolute Gasteiger partial charge is 0.487 e. The minimum atomic E-state index is -0.663. The molecule has 2 aliphatic rings. The van der Waals surface area contributed by atoms with Gasteiger partial charge in [0.05, 0.1) is 18.1 Å². The molecular weight excluding hydrogens is 572 g/mol. The molecule has 1 N–H and O–H groups in total. The molecule has 0 aliphatic carbocycles. The Labute approximate surface area is 223 Å². The monoisotopic (exact) mass is 588 g/mol. The van der Waals surface area contributed by atoms with Crippen molar-refractivity contribution in [3.63, 3.8) is 0 Å². The first-order valence-corrected chi connectivity index (χ1v) is 12.0. The average molecular weight is 590 g/mol. The van der Waals surface area contributed by atoms with Gasteiger partial charge in [0.2, 0.25) is 12.6 Å². The van der Waals surface area contributed by atoms with Crippen LogP contribution in [0.4, 0.5) is 4.79 Å². The molecule has 5 rings (SSSR count). The molecule has 1 saturated heterocycles. The van der Waals surface area contributed by atoms with E-state index in [1.165, 1.54) is 25.3 Å². The summed E-state index contributed by atoms with van der Waals surface area (Å²) in [7, 11) is 1.22. The lowest BCUT2D eigenvalue weighted by atomic mass is 10.1. The number of esters is 1. The zero-order valence-electron chi connectivity index (χ0n) is 19.2. The molecule has 2 aliphatic heterocycles. The number of nitrogens with zero attached hydrogens (tertiary/aromatic N) is 1. The number of furan rings is 1. The molecule has 0 saturated carbocycles. The van der Waals surface area contributed by atoms with Crippen molar-refractivity contribution in [1.82, 2.24) is 10.2 Å². The average Bonchev–Trinajstić information content (AvgIpc) is 3.59. The van der Waals surface area contributed by atoms with Crippen LogP contribution in [0.3, 0.4) is 0 Å². The number of benzene rings is 2. The van der Waals surface area contributed by atoms with Crippen LogP contribution in [0.15, 0.2) is 57.1 Å². The molecule has 3 heterocycles. The molecule has 12 heteroatoms. The van der Waals surface area contributed by atoms with Crippen molar-refractivity contribution in [2.24, 2.45) is 0 Å². The molecule has 0 bridgehead atoms. The summed E-state index contributed by atoms with van der Waals surface area (Å²) in [5.41, 5.74) is 1.33. The topological polar surface area (TPSA) is 117 Å². The van der Waals surface area contributed by atoms with Gasteiger partial charge in [0.1, 0.15) is 23.8 Å². The van der Waals surface area contributed by atoms with Crippen molar-refractivity contribution < 1.29 is 37.7 Å². The van der Waals surface area contributed by atoms with Gasteiger partial charge in [-0.05, 0) is 64.0 Å². The molecule has 3 aromatic rings. The van der Waals surface area contributed by atoms with Crippen molar-refractivity contribution >= 4 is 51.5 Å². The minimum Gasteiger partial charge on any atom is -0.487 e. The standard InChI is InChI=1S/C25H18BrClN2O8/c1-33-24(31)20-5-3-16(37-20)10-29-23(30)18(28-25(29)32)8-14-7-15(27)9-17(26)22(14)34-11-13-2-4-19-21(6-13)36-12-35-19/h2-9H,10-12H2,1H3,(H,28,32)/b18-8-. The highest BCUT2D eigenvalue weighted by Crippen LogP contribution is 2.37. The Morgan fingerprint density at radius 3 is 2.78 bits per heavy atom. The first-order valence-electron chi connectivity index (χ1n) is 10.8. The number of fused-ring (bicyclic) bond motifs is 1. The second-order valence-electron chi connectivity index (χ2n) is 7.92. The number of hydrogen-bond acceptors (Lipinski definition) is 8. The van der Waals surface area contributed by atoms with Crippen LogP contribution in [0.2, 0.25) is 5.02 Å². The lowest BCUT2D eigenvalue weighted by Crippen LogP contribution is -2.30. The van der Waals surface area contributed by atoms with E-state index in [1.54, 1.807) is 18.2 Å². The van der Waals surface area contributed by atoms with Crippen molar-refractivity contribution in [2.45, 2.75) is 13.2 Å². The Morgan fingerprint density at radius 2 is 1.97 bits per heavy atom. The lowest BCUT2D eigenvalue weighted by Gasteiger charge is -2.13. The highest BCUT2D eigenvalue weighted by Gasteiger charge is 2.34. The molecule has 3 amide bonds. The second-order valence-corrected chi connectivity index (χ2v) is 9.21. The smallest absolute Gasteiger partial charge is 0.373 e. The summed E-state index contributed by atoms with van der Waals surface area (Å²) < 4.78 is 27.3. The third-order valence-electron chi connectivity index (χ3n) is 5.48. The summed E-state index contributed by atoms with van der Waals surface area (Å²) in [5, 5.41) is 2.95. The summed E-state index contributed by atoms with van der Waals surface area (Å²) in [6.07, 6.45) is 1.48. The third kappa shape index (κ3) is 5.13. The first kappa shape index (κ1) is 24.7. The molecule has 2 aromatic carbocycles. The van der Waals surface area contributed by atoms with Crippen molar-refractivity contribution in [2.75, 3.05) is 13.9 Å². The van der Waals surface area contributed by atoms with Crippen molar-refractivity contribution in [3.05, 3.63) is 80.3 Å². The summed E-state index contributed by atoms with van der Waals surface area (Å²) in [6, 6.07) is 11.0. The summed E-state index contributed by atoms with van der Waals surface area (Å²) in [5.74, 6) is 0.675. The van der Waals surface area contributed by atoms with Gasteiger partial charge in [0, 0.05) is 10.6 Å². The number of carbonyl (C=O) groups excluding carboxylic acids is 3. The maximum atomic E-state index is 13.0. The number of hydrogen-bond donors (Lipinski definition) is 1. The zero-order valence-corrected chi connectivity index (χ0v) is 21.6. The highest BCUT2D eigenvalue weighted by atomic mass is 79.9. The quantitative estimate of drug-likeness (QED) is 0.235. The SMILES string of the molecule is COC(=O)c1ccc(CN2C(=O)N/C(=C\c3cc(Cl)cc(Br)c3OCc3ccc4c(c3)OCO4)C2=O)o1. The molecular formula is C25H18BrClN2O8. The summed E-state index contributed by atoms with van der Waals surface area (Å²) in [4.78, 5) is 38.1. The molecule has 1 aromatic heterocycles. The predicted molar refractivity (Wildman–Crippen MR) is 133 cm³/mol. The van der Waals surface area contributed by atoms with Crippen LogP contribution in [0.5, 0.6) is 17.2 Å². The van der Waals surface area contributed by atoms with Crippen LogP contribution in [-0.2, 0) is 22.7 Å². The molecule has 37 heavy (non-hydrogen) atoms. The van der Waals surface area contributed by atoms with E-state index >= 15 is 0 Å². The third-order valence-corrected chi connectivity index (χ3v) is 6.29. The van der Waals surface area contributed by atoms with E-state index in [-0.39, 0.29) is 37.2 Å². The predicted octanol–water partition coefficient (Wildman–Crippen LogP) is 4.88. The van der Waals surface area contributed by atoms with E-state index in [4.69, 9.17) is 30.2 Å². The van der Waals surface area contributed by atoms with Gasteiger partial charge < -0.3 is 28.7 Å². The Bertz CT molecular complexity index is 1450. The molecule has 0 spiro atoms. The Balaban J connectivity index is 1.36. The van der Waals surface area contributed by atoms with E-state index in [0.29, 0.717) is 32.3 Å². The molecule has 10 nitrogen and oxygen atoms in total. The van der Waals surface area contributed by atoms with E-state index in [1.807, 2.05) is 12.1 Å². The van der Waals surface area contributed by atoms with Crippen LogP contribution >= 0.6 is 27.5 Å². The van der Waals surface area contributed by atoms with Crippen molar-refractivity contribution in [1.29, 1.82) is 0 Å². The van der Waals surface area contributed by atoms with Gasteiger partial charge in [-0.2, -0.15) is 0 Å². The molecule has 0 radical (unpaired) electrons. The van der Waals surface area contributed by atoms with Crippen LogP contribution in [-0.4, -0.2) is 36.7 Å². The van der Waals surface area contributed by atoms with Crippen LogP contribution in [0.25, 0.3) is 6.08 Å². The maximum absolute atomic E-state index is 13.0. The van der Waals surface area contributed by atoms with Gasteiger partial charge in [-0.15, -0.1) is 0 Å². The molecule has 1 fully saturated rings. The van der Waals surface area contributed by atoms with Crippen LogP contribution in [0.1, 0.15) is 27.4 Å². The van der Waals surface area contributed by atoms with E-state index in [2.05, 4.69) is 26.0 Å². The number of rotatable bonds is 7. The molecule has 0 unspecified atom stereocenters. The number of urea groups is 1. The maximum Gasteiger partial charge on any atom is 0.373 e. The Hall–Kier alpha value is -3.96. The van der Waals surface area contributed by atoms with Crippen LogP contribution in [0, 0.1) is 0 Å². The number of methoxy groups -OCH3 is 1. The number of halogens is 2. The van der Waals surface area contributed by atoms with E-state index < -0.39 is 17.9 Å². The van der Waals surface area contributed by atoms with Crippen LogP contribution < -0.4 is 19.5 Å². The normalized spacial score (nSPS) is 15.3. The fourth-order valence-corrected chi connectivity index (χ4v) is 4.67. The second kappa shape index (κ2) is 10.2. The van der Waals surface area contributed by atoms with Gasteiger partial charge in [-0.1, -0.05) is 17.7 Å². The number of nitrogens with one attached hydrogen (secondary N) is 1. The lowest BCUT2D eigenvalue weighted by molar-refractivity contribution is -0.123. The summed E-state index contributed by atoms with van der Waals surface area (Å²) in [6.45, 7) is 0.190. The van der Waals surface area contributed by atoms with Gasteiger partial charge in [-0.25, -0.2) is 9.59 Å². The molecule has 0 atom stereocenters. The van der Waals surface area contributed by atoms with Crippen molar-refractivity contribution in [3.8, 4) is 17.2 Å². The first-order chi connectivity index (χ1) is 17.8. The fourth-order valence-electron chi connectivity index (χ4n) is 3.73. The molecule has 190 valence electrons. The van der Waals surface area contributed by atoms with E-state index in [0.717, 1.165) is 10.5 Å². The Morgan fingerprint density at radius 1 is 1.16 bits per heavy atom. The number of carbonyl (C=O) groups is 3. The highest BCUT2D eigenvalue weighted by molar-refractivity contribution is 9.10. The number of ether oxygens (including phenoxy) is 4. The van der Waals surface area contributed by atoms with Gasteiger partial charge in [-0.3, -0.25) is 9.69 Å². The Kier molecular flexibility index (Phi) is 6.81. The fraction of sp³-hybridized carbons (Fsp3) is 0.160. The van der Waals surface area contributed by atoms with Gasteiger partial charge >= 0.3 is 12.0 Å². The minimum absolute atomic E-state index is 0.0202.